The van der Waals surface area contributed by atoms with Crippen molar-refractivity contribution in [1.29, 1.82) is 0 Å². The van der Waals surface area contributed by atoms with Gasteiger partial charge in [-0.3, -0.25) is 15.1 Å². The van der Waals surface area contributed by atoms with E-state index in [1.54, 1.807) is 18.4 Å². The SMILES string of the molecule is CN(Cc1ccco1)Cc1ccc(C(=O)NN)o1. The molecule has 0 aliphatic rings. The molecule has 0 atom stereocenters. The minimum Gasteiger partial charge on any atom is -0.468 e. The zero-order valence-electron chi connectivity index (χ0n) is 10.1. The van der Waals surface area contributed by atoms with Crippen molar-refractivity contribution in [3.05, 3.63) is 47.8 Å². The van der Waals surface area contributed by atoms with Crippen LogP contribution in [0.3, 0.4) is 0 Å². The highest BCUT2D eigenvalue weighted by atomic mass is 16.4. The fraction of sp³-hybridized carbons (Fsp3) is 0.250. The van der Waals surface area contributed by atoms with Gasteiger partial charge in [-0.2, -0.15) is 0 Å². The first-order chi connectivity index (χ1) is 8.69. The first-order valence-corrected chi connectivity index (χ1v) is 5.49. The van der Waals surface area contributed by atoms with E-state index in [-0.39, 0.29) is 5.76 Å². The summed E-state index contributed by atoms with van der Waals surface area (Å²) in [5.41, 5.74) is 2.02. The monoisotopic (exact) mass is 249 g/mol. The number of nitrogens with one attached hydrogen (secondary N) is 1. The van der Waals surface area contributed by atoms with Crippen LogP contribution < -0.4 is 11.3 Å². The molecule has 0 unspecified atom stereocenters. The van der Waals surface area contributed by atoms with E-state index in [0.717, 1.165) is 5.76 Å². The lowest BCUT2D eigenvalue weighted by molar-refractivity contribution is 0.0922. The van der Waals surface area contributed by atoms with Crippen molar-refractivity contribution >= 4 is 5.91 Å². The first-order valence-electron chi connectivity index (χ1n) is 5.49. The molecule has 3 N–H and O–H groups in total. The second kappa shape index (κ2) is 5.52. The van der Waals surface area contributed by atoms with Gasteiger partial charge in [-0.05, 0) is 31.3 Å². The molecule has 2 rings (SSSR count). The number of hydrazine groups is 1. The van der Waals surface area contributed by atoms with Gasteiger partial charge in [0.1, 0.15) is 11.5 Å². The topological polar surface area (TPSA) is 84.6 Å². The van der Waals surface area contributed by atoms with Gasteiger partial charge >= 0.3 is 5.91 Å². The quantitative estimate of drug-likeness (QED) is 0.471. The van der Waals surface area contributed by atoms with Gasteiger partial charge in [0.2, 0.25) is 0 Å². The minimum atomic E-state index is -0.435. The molecule has 0 aromatic carbocycles. The van der Waals surface area contributed by atoms with Gasteiger partial charge in [0, 0.05) is 0 Å². The molecule has 2 aromatic rings. The number of amides is 1. The van der Waals surface area contributed by atoms with Crippen LogP contribution in [0.5, 0.6) is 0 Å². The fourth-order valence-electron chi connectivity index (χ4n) is 1.65. The molecule has 2 aromatic heterocycles. The van der Waals surface area contributed by atoms with Crippen LogP contribution >= 0.6 is 0 Å². The fourth-order valence-corrected chi connectivity index (χ4v) is 1.65. The summed E-state index contributed by atoms with van der Waals surface area (Å²) in [6.45, 7) is 1.25. The Hall–Kier alpha value is -2.05. The smallest absolute Gasteiger partial charge is 0.300 e. The zero-order valence-corrected chi connectivity index (χ0v) is 10.1. The van der Waals surface area contributed by atoms with Crippen molar-refractivity contribution in [2.75, 3.05) is 7.05 Å². The molecular formula is C12H15N3O3. The highest BCUT2D eigenvalue weighted by Crippen LogP contribution is 2.12. The van der Waals surface area contributed by atoms with Crippen LogP contribution in [-0.2, 0) is 13.1 Å². The Morgan fingerprint density at radius 3 is 2.78 bits per heavy atom. The van der Waals surface area contributed by atoms with Crippen LogP contribution in [0.1, 0.15) is 22.1 Å². The van der Waals surface area contributed by atoms with Gasteiger partial charge in [0.15, 0.2) is 5.76 Å². The van der Waals surface area contributed by atoms with Crippen molar-refractivity contribution in [3.63, 3.8) is 0 Å². The predicted molar refractivity (Wildman–Crippen MR) is 64.2 cm³/mol. The van der Waals surface area contributed by atoms with Crippen LogP contribution in [0.2, 0.25) is 0 Å². The molecule has 0 fully saturated rings. The standard InChI is InChI=1S/C12H15N3O3/c1-15(7-9-3-2-6-17-9)8-10-4-5-11(18-10)12(16)14-13/h2-6H,7-8,13H2,1H3,(H,14,16). The van der Waals surface area contributed by atoms with Gasteiger partial charge < -0.3 is 8.83 Å². The van der Waals surface area contributed by atoms with Crippen molar-refractivity contribution < 1.29 is 13.6 Å². The Bertz CT molecular complexity index is 504. The van der Waals surface area contributed by atoms with Crippen molar-refractivity contribution in [2.45, 2.75) is 13.1 Å². The van der Waals surface area contributed by atoms with E-state index in [2.05, 4.69) is 0 Å². The lowest BCUT2D eigenvalue weighted by atomic mass is 10.3. The van der Waals surface area contributed by atoms with Crippen molar-refractivity contribution in [1.82, 2.24) is 10.3 Å². The predicted octanol–water partition coefficient (Wildman–Crippen LogP) is 1.11. The molecule has 0 bridgehead atoms. The van der Waals surface area contributed by atoms with Gasteiger partial charge in [0.25, 0.3) is 0 Å². The second-order valence-corrected chi connectivity index (χ2v) is 3.99. The third kappa shape index (κ3) is 2.99. The van der Waals surface area contributed by atoms with E-state index >= 15 is 0 Å². The molecule has 0 spiro atoms. The molecule has 6 nitrogen and oxygen atoms in total. The van der Waals surface area contributed by atoms with E-state index < -0.39 is 5.91 Å². The summed E-state index contributed by atoms with van der Waals surface area (Å²) in [5.74, 6) is 6.37. The van der Waals surface area contributed by atoms with Crippen LogP contribution in [0, 0.1) is 0 Å². The molecule has 1 amide bonds. The molecular weight excluding hydrogens is 234 g/mol. The maximum Gasteiger partial charge on any atom is 0.300 e. The Morgan fingerprint density at radius 2 is 2.11 bits per heavy atom. The van der Waals surface area contributed by atoms with Gasteiger partial charge in [0.05, 0.1) is 19.4 Å². The third-order valence-corrected chi connectivity index (χ3v) is 2.45. The first kappa shape index (κ1) is 12.4. The summed E-state index contributed by atoms with van der Waals surface area (Å²) in [7, 11) is 1.94. The number of rotatable bonds is 5. The van der Waals surface area contributed by atoms with Gasteiger partial charge in [-0.1, -0.05) is 0 Å². The van der Waals surface area contributed by atoms with Crippen LogP contribution in [0.15, 0.2) is 39.4 Å². The number of carbonyl (C=O) groups excluding carboxylic acids is 1. The Morgan fingerprint density at radius 1 is 1.33 bits per heavy atom. The number of nitrogen functional groups attached to an aromatic ring is 1. The van der Waals surface area contributed by atoms with E-state index in [4.69, 9.17) is 14.7 Å². The number of hydrogen-bond donors (Lipinski definition) is 2. The van der Waals surface area contributed by atoms with Crippen LogP contribution in [-0.4, -0.2) is 17.9 Å². The lowest BCUT2D eigenvalue weighted by Crippen LogP contribution is -2.29. The molecule has 0 aliphatic heterocycles. The summed E-state index contributed by atoms with van der Waals surface area (Å²) in [6.07, 6.45) is 1.64. The maximum atomic E-state index is 11.2. The largest absolute Gasteiger partial charge is 0.468 e. The van der Waals surface area contributed by atoms with E-state index in [0.29, 0.717) is 18.8 Å². The lowest BCUT2D eigenvalue weighted by Gasteiger charge is -2.12. The number of furan rings is 2. The number of carbonyl (C=O) groups is 1. The molecule has 0 saturated carbocycles. The molecule has 0 radical (unpaired) electrons. The van der Waals surface area contributed by atoms with Crippen LogP contribution in [0.4, 0.5) is 0 Å². The number of nitrogens with two attached hydrogens (primary N) is 1. The summed E-state index contributed by atoms with van der Waals surface area (Å²) in [5, 5.41) is 0. The Labute approximate surface area is 104 Å². The molecule has 96 valence electrons. The number of nitrogens with zero attached hydrogens (tertiary/aromatic N) is 1. The van der Waals surface area contributed by atoms with E-state index in [1.807, 2.05) is 29.5 Å². The summed E-state index contributed by atoms with van der Waals surface area (Å²) >= 11 is 0. The average molecular weight is 249 g/mol. The Kier molecular flexibility index (Phi) is 3.81. The highest BCUT2D eigenvalue weighted by molar-refractivity contribution is 5.90. The molecule has 0 aliphatic carbocycles. The molecule has 2 heterocycles. The Balaban J connectivity index is 1.92. The van der Waals surface area contributed by atoms with E-state index in [9.17, 15) is 4.79 Å². The third-order valence-electron chi connectivity index (χ3n) is 2.45. The van der Waals surface area contributed by atoms with Gasteiger partial charge in [-0.15, -0.1) is 0 Å². The summed E-state index contributed by atoms with van der Waals surface area (Å²) in [6, 6.07) is 7.10. The zero-order chi connectivity index (χ0) is 13.0. The normalized spacial score (nSPS) is 10.8. The van der Waals surface area contributed by atoms with Crippen LogP contribution in [0.25, 0.3) is 0 Å². The van der Waals surface area contributed by atoms with E-state index in [1.165, 1.54) is 0 Å². The number of hydrogen-bond acceptors (Lipinski definition) is 5. The maximum absolute atomic E-state index is 11.2. The van der Waals surface area contributed by atoms with Crippen molar-refractivity contribution in [3.8, 4) is 0 Å². The highest BCUT2D eigenvalue weighted by Gasteiger charge is 2.11. The van der Waals surface area contributed by atoms with Gasteiger partial charge in [-0.25, -0.2) is 5.84 Å². The van der Waals surface area contributed by atoms with Crippen molar-refractivity contribution in [2.24, 2.45) is 5.84 Å². The second-order valence-electron chi connectivity index (χ2n) is 3.99. The minimum absolute atomic E-state index is 0.207. The summed E-state index contributed by atoms with van der Waals surface area (Å²) < 4.78 is 10.6. The molecule has 6 heteroatoms. The average Bonchev–Trinajstić information content (AvgIpc) is 2.99. The summed E-state index contributed by atoms with van der Waals surface area (Å²) in [4.78, 5) is 13.2. The molecule has 0 saturated heterocycles. The molecule has 18 heavy (non-hydrogen) atoms.